The lowest BCUT2D eigenvalue weighted by atomic mass is 10.1. The van der Waals surface area contributed by atoms with Gasteiger partial charge in [0.05, 0.1) is 6.33 Å². The van der Waals surface area contributed by atoms with E-state index in [2.05, 4.69) is 11.2 Å². The maximum absolute atomic E-state index is 10.6. The molecule has 65 valence electrons. The van der Waals surface area contributed by atoms with Crippen LogP contribution in [0.2, 0.25) is 0 Å². The summed E-state index contributed by atoms with van der Waals surface area (Å²) in [4.78, 5) is 14.4. The first-order chi connectivity index (χ1) is 5.70. The summed E-state index contributed by atoms with van der Waals surface area (Å²) < 4.78 is 1.87. The fourth-order valence-electron chi connectivity index (χ4n) is 0.856. The van der Waals surface area contributed by atoms with E-state index in [0.717, 1.165) is 13.0 Å². The topological polar surface area (TPSA) is 60.9 Å². The van der Waals surface area contributed by atoms with Crippen molar-refractivity contribution in [3.63, 3.8) is 0 Å². The molecule has 2 N–H and O–H groups in total. The monoisotopic (exact) mass is 166 g/mol. The molecule has 1 heterocycles. The number of carbonyl (C=O) groups excluding carboxylic acids is 1. The Morgan fingerprint density at radius 3 is 3.08 bits per heavy atom. The minimum Gasteiger partial charge on any atom is -0.369 e. The Balaban J connectivity index is 2.31. The molecule has 0 bridgehead atoms. The zero-order valence-corrected chi connectivity index (χ0v) is 7.03. The summed E-state index contributed by atoms with van der Waals surface area (Å²) in [5, 5.41) is 0. The molecule has 1 aromatic heterocycles. The minimum absolute atomic E-state index is 0.0765. The van der Waals surface area contributed by atoms with Crippen molar-refractivity contribution in [1.29, 1.82) is 0 Å². The van der Waals surface area contributed by atoms with Crippen molar-refractivity contribution in [3.05, 3.63) is 18.7 Å². The number of hydrogen-bond acceptors (Lipinski definition) is 2. The number of primary amides is 1. The summed E-state index contributed by atoms with van der Waals surface area (Å²) in [6.45, 7) is 2.59. The number of nitrogens with zero attached hydrogens (tertiary/aromatic N) is 2. The molecular formula is C8H12N3O. The number of rotatable bonds is 4. The molecule has 0 aliphatic heterocycles. The maximum Gasteiger partial charge on any atom is 0.220 e. The minimum atomic E-state index is -0.251. The van der Waals surface area contributed by atoms with E-state index in [9.17, 15) is 4.79 Å². The predicted molar refractivity (Wildman–Crippen MR) is 44.0 cm³/mol. The lowest BCUT2D eigenvalue weighted by Crippen LogP contribution is -2.21. The predicted octanol–water partition coefficient (Wildman–Crippen LogP) is 0.195. The van der Waals surface area contributed by atoms with E-state index in [0.29, 0.717) is 0 Å². The van der Waals surface area contributed by atoms with Gasteiger partial charge < -0.3 is 10.3 Å². The highest BCUT2D eigenvalue weighted by Crippen LogP contribution is 2.02. The van der Waals surface area contributed by atoms with Gasteiger partial charge >= 0.3 is 0 Å². The molecule has 4 heteroatoms. The van der Waals surface area contributed by atoms with Crippen molar-refractivity contribution in [2.75, 3.05) is 0 Å². The highest BCUT2D eigenvalue weighted by molar-refractivity contribution is 5.76. The van der Waals surface area contributed by atoms with Crippen LogP contribution in [-0.2, 0) is 11.3 Å². The zero-order chi connectivity index (χ0) is 8.97. The van der Waals surface area contributed by atoms with E-state index < -0.39 is 0 Å². The van der Waals surface area contributed by atoms with Gasteiger partial charge in [0.15, 0.2) is 0 Å². The van der Waals surface area contributed by atoms with Gasteiger partial charge in [-0.05, 0) is 6.42 Å². The Bertz CT molecular complexity index is 243. The largest absolute Gasteiger partial charge is 0.369 e. The molecule has 0 saturated heterocycles. The van der Waals surface area contributed by atoms with Crippen LogP contribution in [0.25, 0.3) is 0 Å². The molecule has 0 saturated carbocycles. The molecule has 0 spiro atoms. The second-order valence-corrected chi connectivity index (χ2v) is 2.83. The van der Waals surface area contributed by atoms with E-state index in [-0.39, 0.29) is 11.8 Å². The van der Waals surface area contributed by atoms with Gasteiger partial charge in [-0.2, -0.15) is 0 Å². The molecular weight excluding hydrogens is 154 g/mol. The molecule has 1 aromatic rings. The normalized spacial score (nSPS) is 12.8. The van der Waals surface area contributed by atoms with Crippen molar-refractivity contribution >= 4 is 5.91 Å². The highest BCUT2D eigenvalue weighted by Gasteiger charge is 2.07. The fourth-order valence-corrected chi connectivity index (χ4v) is 0.856. The molecule has 1 amide bonds. The van der Waals surface area contributed by atoms with Crippen molar-refractivity contribution in [2.24, 2.45) is 11.7 Å². The first kappa shape index (κ1) is 8.77. The molecule has 1 radical (unpaired) electrons. The van der Waals surface area contributed by atoms with Crippen molar-refractivity contribution in [2.45, 2.75) is 19.9 Å². The van der Waals surface area contributed by atoms with E-state index in [1.165, 1.54) is 0 Å². The first-order valence-corrected chi connectivity index (χ1v) is 3.87. The van der Waals surface area contributed by atoms with E-state index in [4.69, 9.17) is 5.73 Å². The number of nitrogens with two attached hydrogens (primary N) is 1. The molecule has 0 aliphatic carbocycles. The van der Waals surface area contributed by atoms with Crippen LogP contribution in [0.15, 0.2) is 12.5 Å². The standard InChI is InChI=1S/C8H12N3O/c1-7(8(9)12)2-4-11-5-3-10-6-11/h5-7H,2,4H2,1H3,(H2,9,12). The van der Waals surface area contributed by atoms with Crippen molar-refractivity contribution < 1.29 is 4.79 Å². The van der Waals surface area contributed by atoms with Crippen LogP contribution in [0.4, 0.5) is 0 Å². The molecule has 0 aromatic carbocycles. The Hall–Kier alpha value is -1.32. The lowest BCUT2D eigenvalue weighted by Gasteiger charge is -2.06. The second-order valence-electron chi connectivity index (χ2n) is 2.83. The summed E-state index contributed by atoms with van der Waals surface area (Å²) >= 11 is 0. The highest BCUT2D eigenvalue weighted by atomic mass is 16.1. The summed E-state index contributed by atoms with van der Waals surface area (Å²) in [5.74, 6) is -0.327. The third kappa shape index (κ3) is 2.38. The quantitative estimate of drug-likeness (QED) is 0.694. The van der Waals surface area contributed by atoms with Crippen LogP contribution in [0.5, 0.6) is 0 Å². The van der Waals surface area contributed by atoms with Crippen molar-refractivity contribution in [1.82, 2.24) is 9.55 Å². The number of hydrogen-bond donors (Lipinski definition) is 1. The number of aromatic nitrogens is 2. The Morgan fingerprint density at radius 1 is 1.83 bits per heavy atom. The third-order valence-corrected chi connectivity index (χ3v) is 1.81. The number of imidazole rings is 1. The number of amides is 1. The van der Waals surface area contributed by atoms with Gasteiger partial charge in [-0.1, -0.05) is 6.92 Å². The Labute approximate surface area is 71.4 Å². The van der Waals surface area contributed by atoms with Crippen molar-refractivity contribution in [3.8, 4) is 0 Å². The van der Waals surface area contributed by atoms with Crippen LogP contribution in [0.1, 0.15) is 13.3 Å². The smallest absolute Gasteiger partial charge is 0.220 e. The van der Waals surface area contributed by atoms with Gasteiger partial charge in [0.1, 0.15) is 6.20 Å². The van der Waals surface area contributed by atoms with Gasteiger partial charge in [0, 0.05) is 18.7 Å². The number of carbonyl (C=O) groups is 1. The van der Waals surface area contributed by atoms with E-state index in [1.54, 1.807) is 12.5 Å². The first-order valence-electron chi connectivity index (χ1n) is 3.87. The van der Waals surface area contributed by atoms with Crippen LogP contribution in [0.3, 0.4) is 0 Å². The average Bonchev–Trinajstić information content (AvgIpc) is 2.51. The van der Waals surface area contributed by atoms with E-state index >= 15 is 0 Å². The molecule has 0 aliphatic rings. The van der Waals surface area contributed by atoms with Gasteiger partial charge in [-0.15, -0.1) is 0 Å². The summed E-state index contributed by atoms with van der Waals surface area (Å²) in [5.41, 5.74) is 5.10. The lowest BCUT2D eigenvalue weighted by molar-refractivity contribution is -0.121. The summed E-state index contributed by atoms with van der Waals surface area (Å²) in [7, 11) is 0. The SMILES string of the molecule is CC(CCn1c[c]nc1)C(N)=O. The Kier molecular flexibility index (Phi) is 2.85. The zero-order valence-electron chi connectivity index (χ0n) is 7.03. The van der Waals surface area contributed by atoms with Crippen LogP contribution in [0, 0.1) is 12.1 Å². The molecule has 0 fully saturated rings. The van der Waals surface area contributed by atoms with Crippen LogP contribution < -0.4 is 5.73 Å². The average molecular weight is 166 g/mol. The van der Waals surface area contributed by atoms with Gasteiger partial charge in [0.25, 0.3) is 0 Å². The fraction of sp³-hybridized carbons (Fsp3) is 0.500. The molecule has 1 atom stereocenters. The Morgan fingerprint density at radius 2 is 2.58 bits per heavy atom. The number of aryl methyl sites for hydroxylation is 1. The summed E-state index contributed by atoms with van der Waals surface area (Å²) in [6, 6.07) is 0. The van der Waals surface area contributed by atoms with Gasteiger partial charge in [-0.25, -0.2) is 4.98 Å². The van der Waals surface area contributed by atoms with E-state index in [1.807, 2.05) is 11.5 Å². The third-order valence-electron chi connectivity index (χ3n) is 1.81. The van der Waals surface area contributed by atoms with Crippen LogP contribution >= 0.6 is 0 Å². The van der Waals surface area contributed by atoms with Gasteiger partial charge in [0.2, 0.25) is 5.91 Å². The molecule has 4 nitrogen and oxygen atoms in total. The molecule has 12 heavy (non-hydrogen) atoms. The second kappa shape index (κ2) is 3.90. The summed E-state index contributed by atoms with van der Waals surface area (Å²) in [6.07, 6.45) is 6.85. The molecule has 1 unspecified atom stereocenters. The van der Waals surface area contributed by atoms with Crippen LogP contribution in [-0.4, -0.2) is 15.5 Å². The van der Waals surface area contributed by atoms with Gasteiger partial charge in [-0.3, -0.25) is 4.79 Å². The molecule has 1 rings (SSSR count). The maximum atomic E-state index is 10.6.